The predicted molar refractivity (Wildman–Crippen MR) is 81.1 cm³/mol. The van der Waals surface area contributed by atoms with Gasteiger partial charge in [-0.3, -0.25) is 0 Å². The zero-order valence-electron chi connectivity index (χ0n) is 12.4. The molecule has 0 spiro atoms. The van der Waals surface area contributed by atoms with E-state index in [9.17, 15) is 0 Å². The first kappa shape index (κ1) is 15.9. The van der Waals surface area contributed by atoms with Gasteiger partial charge in [0.15, 0.2) is 0 Å². The number of nitrogens with two attached hydrogens (primary N) is 1. The fourth-order valence-corrected chi connectivity index (χ4v) is 1.62. The van der Waals surface area contributed by atoms with Crippen molar-refractivity contribution in [2.75, 3.05) is 13.2 Å². The number of aryl methyl sites for hydroxylation is 1. The van der Waals surface area contributed by atoms with Gasteiger partial charge < -0.3 is 15.2 Å². The number of rotatable bonds is 8. The number of aromatic nitrogens is 2. The highest BCUT2D eigenvalue weighted by Crippen LogP contribution is 2.22. The Labute approximate surface area is 120 Å². The van der Waals surface area contributed by atoms with Crippen molar-refractivity contribution in [3.63, 3.8) is 0 Å². The standard InChI is InChI=1S/C15H23N3O2/c1-5-8-12(3)19-9-7-10-20-15-13(14(16)6-2)11-17-18(15)4/h5-6,8,11H,3,7,9-10,16H2,1-2,4H3/b8-5-,14-6-. The number of hydrogen-bond donors (Lipinski definition) is 1. The topological polar surface area (TPSA) is 62.3 Å². The molecule has 5 nitrogen and oxygen atoms in total. The van der Waals surface area contributed by atoms with Crippen molar-refractivity contribution in [1.82, 2.24) is 9.78 Å². The molecule has 1 heterocycles. The lowest BCUT2D eigenvalue weighted by atomic mass is 10.2. The van der Waals surface area contributed by atoms with E-state index in [1.165, 1.54) is 0 Å². The van der Waals surface area contributed by atoms with Crippen molar-refractivity contribution in [3.8, 4) is 5.88 Å². The van der Waals surface area contributed by atoms with E-state index in [0.29, 0.717) is 30.5 Å². The van der Waals surface area contributed by atoms with Gasteiger partial charge in [-0.05, 0) is 19.9 Å². The van der Waals surface area contributed by atoms with Crippen LogP contribution in [0.1, 0.15) is 25.8 Å². The molecule has 0 aliphatic carbocycles. The Bertz CT molecular complexity index is 501. The van der Waals surface area contributed by atoms with Crippen LogP contribution < -0.4 is 10.5 Å². The predicted octanol–water partition coefficient (Wildman–Crippen LogP) is 2.61. The fraction of sp³-hybridized carbons (Fsp3) is 0.400. The van der Waals surface area contributed by atoms with Gasteiger partial charge in [-0.15, -0.1) is 0 Å². The Balaban J connectivity index is 2.43. The number of nitrogens with zero attached hydrogens (tertiary/aromatic N) is 2. The van der Waals surface area contributed by atoms with Crippen LogP contribution in [0.5, 0.6) is 5.88 Å². The smallest absolute Gasteiger partial charge is 0.221 e. The minimum atomic E-state index is 0.534. The van der Waals surface area contributed by atoms with Gasteiger partial charge in [0.25, 0.3) is 0 Å². The van der Waals surface area contributed by atoms with E-state index in [0.717, 1.165) is 12.0 Å². The van der Waals surface area contributed by atoms with Crippen molar-refractivity contribution < 1.29 is 9.47 Å². The highest BCUT2D eigenvalue weighted by atomic mass is 16.5. The lowest BCUT2D eigenvalue weighted by Crippen LogP contribution is -2.07. The number of allylic oxidation sites excluding steroid dienone is 3. The normalized spacial score (nSPS) is 11.8. The maximum atomic E-state index is 5.90. The molecule has 1 aromatic heterocycles. The van der Waals surface area contributed by atoms with Gasteiger partial charge >= 0.3 is 0 Å². The molecule has 0 amide bonds. The van der Waals surface area contributed by atoms with Gasteiger partial charge in [-0.2, -0.15) is 5.10 Å². The highest BCUT2D eigenvalue weighted by Gasteiger charge is 2.11. The molecule has 0 aliphatic heterocycles. The summed E-state index contributed by atoms with van der Waals surface area (Å²) < 4.78 is 12.8. The second-order valence-electron chi connectivity index (χ2n) is 4.25. The minimum Gasteiger partial charge on any atom is -0.494 e. The van der Waals surface area contributed by atoms with E-state index in [4.69, 9.17) is 15.2 Å². The summed E-state index contributed by atoms with van der Waals surface area (Å²) >= 11 is 0. The summed E-state index contributed by atoms with van der Waals surface area (Å²) in [6.07, 6.45) is 8.01. The van der Waals surface area contributed by atoms with Gasteiger partial charge in [0.2, 0.25) is 5.88 Å². The van der Waals surface area contributed by atoms with E-state index < -0.39 is 0 Å². The Morgan fingerprint density at radius 3 is 2.85 bits per heavy atom. The lowest BCUT2D eigenvalue weighted by molar-refractivity contribution is 0.188. The third-order valence-corrected chi connectivity index (χ3v) is 2.67. The SMILES string of the molecule is C=C(/C=C\C)OCCCOc1c(/C(N)=C/C)cnn1C. The fourth-order valence-electron chi connectivity index (χ4n) is 1.62. The molecular formula is C15H23N3O2. The maximum Gasteiger partial charge on any atom is 0.221 e. The van der Waals surface area contributed by atoms with Gasteiger partial charge in [-0.1, -0.05) is 18.7 Å². The molecule has 20 heavy (non-hydrogen) atoms. The van der Waals surface area contributed by atoms with Gasteiger partial charge in [-0.25, -0.2) is 4.68 Å². The number of hydrogen-bond acceptors (Lipinski definition) is 4. The Hall–Kier alpha value is -2.17. The molecule has 0 saturated carbocycles. The first-order valence-corrected chi connectivity index (χ1v) is 6.61. The molecule has 0 aromatic carbocycles. The molecule has 0 atom stereocenters. The summed E-state index contributed by atoms with van der Waals surface area (Å²) in [5.74, 6) is 1.33. The molecule has 5 heteroatoms. The summed E-state index contributed by atoms with van der Waals surface area (Å²) in [5.41, 5.74) is 7.37. The van der Waals surface area contributed by atoms with E-state index in [1.54, 1.807) is 10.9 Å². The molecule has 110 valence electrons. The first-order chi connectivity index (χ1) is 9.60. The molecule has 0 fully saturated rings. The Morgan fingerprint density at radius 2 is 2.20 bits per heavy atom. The van der Waals surface area contributed by atoms with E-state index >= 15 is 0 Å². The van der Waals surface area contributed by atoms with Crippen LogP contribution in [0.3, 0.4) is 0 Å². The molecule has 0 saturated heterocycles. The monoisotopic (exact) mass is 277 g/mol. The van der Waals surface area contributed by atoms with E-state index in [-0.39, 0.29) is 0 Å². The Morgan fingerprint density at radius 1 is 1.45 bits per heavy atom. The first-order valence-electron chi connectivity index (χ1n) is 6.61. The van der Waals surface area contributed by atoms with Crippen molar-refractivity contribution >= 4 is 5.70 Å². The van der Waals surface area contributed by atoms with Crippen LogP contribution in [0, 0.1) is 0 Å². The van der Waals surface area contributed by atoms with Crippen LogP contribution in [0.4, 0.5) is 0 Å². The maximum absolute atomic E-state index is 5.90. The molecule has 1 rings (SSSR count). The van der Waals surface area contributed by atoms with Crippen molar-refractivity contribution in [2.24, 2.45) is 12.8 Å². The van der Waals surface area contributed by atoms with Crippen molar-refractivity contribution in [3.05, 3.63) is 42.3 Å². The van der Waals surface area contributed by atoms with Crippen LogP contribution in [0.15, 0.2) is 36.8 Å². The van der Waals surface area contributed by atoms with Crippen LogP contribution in [-0.4, -0.2) is 23.0 Å². The van der Waals surface area contributed by atoms with E-state index in [2.05, 4.69) is 11.7 Å². The highest BCUT2D eigenvalue weighted by molar-refractivity contribution is 5.65. The van der Waals surface area contributed by atoms with Crippen LogP contribution in [0.25, 0.3) is 5.70 Å². The molecule has 2 N–H and O–H groups in total. The molecule has 0 unspecified atom stereocenters. The third-order valence-electron chi connectivity index (χ3n) is 2.67. The summed E-state index contributed by atoms with van der Waals surface area (Å²) in [6.45, 7) is 8.67. The summed E-state index contributed by atoms with van der Waals surface area (Å²) in [5, 5.41) is 4.15. The molecule has 0 aliphatic rings. The summed E-state index contributed by atoms with van der Waals surface area (Å²) in [6, 6.07) is 0. The largest absolute Gasteiger partial charge is 0.494 e. The van der Waals surface area contributed by atoms with Gasteiger partial charge in [0.1, 0.15) is 5.76 Å². The van der Waals surface area contributed by atoms with Crippen LogP contribution in [-0.2, 0) is 11.8 Å². The van der Waals surface area contributed by atoms with Crippen molar-refractivity contribution in [1.29, 1.82) is 0 Å². The number of ether oxygens (including phenoxy) is 2. The van der Waals surface area contributed by atoms with Crippen LogP contribution in [0.2, 0.25) is 0 Å². The average molecular weight is 277 g/mol. The van der Waals surface area contributed by atoms with Gasteiger partial charge in [0.05, 0.1) is 25.0 Å². The Kier molecular flexibility index (Phi) is 6.43. The minimum absolute atomic E-state index is 0.534. The molecular weight excluding hydrogens is 254 g/mol. The lowest BCUT2D eigenvalue weighted by Gasteiger charge is -2.10. The van der Waals surface area contributed by atoms with E-state index in [1.807, 2.05) is 39.1 Å². The molecule has 0 bridgehead atoms. The molecule has 0 radical (unpaired) electrons. The third kappa shape index (κ3) is 4.50. The molecule has 1 aromatic rings. The quantitative estimate of drug-likeness (QED) is 0.451. The van der Waals surface area contributed by atoms with Crippen LogP contribution >= 0.6 is 0 Å². The van der Waals surface area contributed by atoms with Gasteiger partial charge in [0, 0.05) is 19.2 Å². The summed E-state index contributed by atoms with van der Waals surface area (Å²) in [7, 11) is 1.83. The second kappa shape index (κ2) is 8.09. The zero-order valence-corrected chi connectivity index (χ0v) is 12.4. The zero-order chi connectivity index (χ0) is 15.0. The average Bonchev–Trinajstić information content (AvgIpc) is 2.79. The second-order valence-corrected chi connectivity index (χ2v) is 4.25. The van der Waals surface area contributed by atoms with Crippen molar-refractivity contribution in [2.45, 2.75) is 20.3 Å². The summed E-state index contributed by atoms with van der Waals surface area (Å²) in [4.78, 5) is 0.